The lowest BCUT2D eigenvalue weighted by molar-refractivity contribution is 0.417. The summed E-state index contributed by atoms with van der Waals surface area (Å²) in [5.74, 6) is 0. The third-order valence-corrected chi connectivity index (χ3v) is 2.36. The topological polar surface area (TPSA) is 25.4 Å². The number of ether oxygens (including phenoxy) is 1. The van der Waals surface area contributed by atoms with Gasteiger partial charge in [-0.25, -0.2) is 0 Å². The summed E-state index contributed by atoms with van der Waals surface area (Å²) in [5.41, 5.74) is 2.32. The molecule has 0 spiro atoms. The summed E-state index contributed by atoms with van der Waals surface area (Å²) < 4.78 is 5.27. The normalized spacial score (nSPS) is 20.5. The third kappa shape index (κ3) is 1.11. The van der Waals surface area contributed by atoms with Gasteiger partial charge in [0.2, 0.25) is 0 Å². The zero-order chi connectivity index (χ0) is 8.67. The summed E-state index contributed by atoms with van der Waals surface area (Å²) in [6.07, 6.45) is 2.16. The number of rotatable bonds is 1. The summed E-state index contributed by atoms with van der Waals surface area (Å²) in [6, 6.07) is 10.2. The Balaban J connectivity index is 2.32. The Labute approximate surface area is 76.2 Å². The lowest BCUT2D eigenvalue weighted by atomic mass is 10.1. The number of hydrogen-bond acceptors (Lipinski definition) is 2. The van der Waals surface area contributed by atoms with E-state index >= 15 is 0 Å². The molecule has 0 radical (unpaired) electrons. The molecule has 0 amide bonds. The number of para-hydroxylation sites is 1. The van der Waals surface area contributed by atoms with Crippen LogP contribution in [0.5, 0.6) is 0 Å². The Morgan fingerprint density at radius 2 is 2.08 bits per heavy atom. The number of hydrogen-bond donors (Lipinski definition) is 0. The van der Waals surface area contributed by atoms with Gasteiger partial charge in [0.15, 0.2) is 0 Å². The molecule has 1 aliphatic rings. The lowest BCUT2D eigenvalue weighted by Crippen LogP contribution is -1.85. The first-order valence-corrected chi connectivity index (χ1v) is 4.40. The average Bonchev–Trinajstić information content (AvgIpc) is 3.00. The summed E-state index contributed by atoms with van der Waals surface area (Å²) in [4.78, 5) is 4.30. The van der Waals surface area contributed by atoms with Crippen LogP contribution in [0.25, 0.3) is 10.9 Å². The predicted molar refractivity (Wildman–Crippen MR) is 50.4 cm³/mol. The second-order valence-corrected chi connectivity index (χ2v) is 3.24. The molecule has 13 heavy (non-hydrogen) atoms. The van der Waals surface area contributed by atoms with Crippen LogP contribution in [-0.4, -0.2) is 11.6 Å². The molecule has 1 aliphatic heterocycles. The van der Waals surface area contributed by atoms with Crippen LogP contribution in [0.4, 0.5) is 0 Å². The molecular weight excluding hydrogens is 162 g/mol. The maximum Gasteiger partial charge on any atom is 0.107 e. The SMILES string of the molecule is c1ccc2c([C@H]3CO3)ccnc2c1. The van der Waals surface area contributed by atoms with E-state index in [-0.39, 0.29) is 0 Å². The molecule has 0 saturated carbocycles. The van der Waals surface area contributed by atoms with Crippen LogP contribution in [0.15, 0.2) is 36.5 Å². The molecule has 2 heteroatoms. The predicted octanol–water partition coefficient (Wildman–Crippen LogP) is 2.31. The van der Waals surface area contributed by atoms with Gasteiger partial charge < -0.3 is 4.74 Å². The fourth-order valence-electron chi connectivity index (χ4n) is 1.63. The smallest absolute Gasteiger partial charge is 0.107 e. The Kier molecular flexibility index (Phi) is 1.37. The second kappa shape index (κ2) is 2.54. The Morgan fingerprint density at radius 3 is 2.92 bits per heavy atom. The van der Waals surface area contributed by atoms with Gasteiger partial charge in [0.1, 0.15) is 6.10 Å². The molecule has 1 aromatic heterocycles. The van der Waals surface area contributed by atoms with Crippen LogP contribution in [0.2, 0.25) is 0 Å². The molecule has 0 bridgehead atoms. The number of pyridine rings is 1. The number of epoxide rings is 1. The number of nitrogens with zero attached hydrogens (tertiary/aromatic N) is 1. The average molecular weight is 171 g/mol. The molecule has 64 valence electrons. The number of fused-ring (bicyclic) bond motifs is 1. The van der Waals surface area contributed by atoms with Gasteiger partial charge in [-0.3, -0.25) is 4.98 Å². The minimum Gasteiger partial charge on any atom is -0.368 e. The van der Waals surface area contributed by atoms with Gasteiger partial charge in [0, 0.05) is 11.6 Å². The molecule has 1 atom stereocenters. The van der Waals surface area contributed by atoms with Gasteiger partial charge in [-0.15, -0.1) is 0 Å². The van der Waals surface area contributed by atoms with E-state index in [1.54, 1.807) is 0 Å². The van der Waals surface area contributed by atoms with Crippen LogP contribution in [0.3, 0.4) is 0 Å². The second-order valence-electron chi connectivity index (χ2n) is 3.24. The first kappa shape index (κ1) is 7.04. The van der Waals surface area contributed by atoms with Gasteiger partial charge >= 0.3 is 0 Å². The molecule has 2 aromatic rings. The zero-order valence-electron chi connectivity index (χ0n) is 7.10. The van der Waals surface area contributed by atoms with E-state index in [9.17, 15) is 0 Å². The van der Waals surface area contributed by atoms with E-state index in [4.69, 9.17) is 4.74 Å². The Hall–Kier alpha value is -1.41. The maximum absolute atomic E-state index is 5.27. The van der Waals surface area contributed by atoms with Gasteiger partial charge in [-0.05, 0) is 17.7 Å². The van der Waals surface area contributed by atoms with Crippen LogP contribution in [0, 0.1) is 0 Å². The van der Waals surface area contributed by atoms with Crippen molar-refractivity contribution in [1.29, 1.82) is 0 Å². The van der Waals surface area contributed by atoms with E-state index in [1.807, 2.05) is 30.5 Å². The molecule has 3 rings (SSSR count). The molecule has 0 aliphatic carbocycles. The van der Waals surface area contributed by atoms with E-state index in [0.29, 0.717) is 6.10 Å². The number of aromatic nitrogens is 1. The fraction of sp³-hybridized carbons (Fsp3) is 0.182. The van der Waals surface area contributed by atoms with Crippen LogP contribution in [-0.2, 0) is 4.74 Å². The van der Waals surface area contributed by atoms with Gasteiger partial charge in [-0.1, -0.05) is 18.2 Å². The lowest BCUT2D eigenvalue weighted by Gasteiger charge is -2.01. The van der Waals surface area contributed by atoms with Crippen molar-refractivity contribution in [3.63, 3.8) is 0 Å². The van der Waals surface area contributed by atoms with Crippen molar-refractivity contribution in [3.8, 4) is 0 Å². The summed E-state index contributed by atoms with van der Waals surface area (Å²) in [7, 11) is 0. The minimum atomic E-state index is 0.313. The molecule has 1 aromatic carbocycles. The monoisotopic (exact) mass is 171 g/mol. The Morgan fingerprint density at radius 1 is 1.23 bits per heavy atom. The summed E-state index contributed by atoms with van der Waals surface area (Å²) in [6.45, 7) is 0.855. The van der Waals surface area contributed by atoms with Crippen LogP contribution >= 0.6 is 0 Å². The zero-order valence-corrected chi connectivity index (χ0v) is 7.10. The minimum absolute atomic E-state index is 0.313. The van der Waals surface area contributed by atoms with Crippen molar-refractivity contribution in [2.45, 2.75) is 6.10 Å². The largest absolute Gasteiger partial charge is 0.368 e. The summed E-state index contributed by atoms with van der Waals surface area (Å²) >= 11 is 0. The van der Waals surface area contributed by atoms with Crippen molar-refractivity contribution in [3.05, 3.63) is 42.1 Å². The highest BCUT2D eigenvalue weighted by Gasteiger charge is 2.26. The van der Waals surface area contributed by atoms with Crippen LogP contribution < -0.4 is 0 Å². The molecule has 0 unspecified atom stereocenters. The third-order valence-electron chi connectivity index (χ3n) is 2.36. The van der Waals surface area contributed by atoms with E-state index < -0.39 is 0 Å². The molecule has 1 fully saturated rings. The first-order valence-electron chi connectivity index (χ1n) is 4.40. The molecular formula is C11H9NO. The molecule has 0 N–H and O–H groups in total. The van der Waals surface area contributed by atoms with Crippen molar-refractivity contribution in [2.75, 3.05) is 6.61 Å². The molecule has 2 heterocycles. The van der Waals surface area contributed by atoms with Crippen molar-refractivity contribution in [2.24, 2.45) is 0 Å². The molecule has 2 nitrogen and oxygen atoms in total. The van der Waals surface area contributed by atoms with Crippen molar-refractivity contribution in [1.82, 2.24) is 4.98 Å². The summed E-state index contributed by atoms with van der Waals surface area (Å²) in [5, 5.41) is 1.22. The highest BCUT2D eigenvalue weighted by molar-refractivity contribution is 5.82. The van der Waals surface area contributed by atoms with E-state index in [1.165, 1.54) is 10.9 Å². The number of benzene rings is 1. The van der Waals surface area contributed by atoms with Crippen molar-refractivity contribution < 1.29 is 4.74 Å². The molecule has 1 saturated heterocycles. The van der Waals surface area contributed by atoms with Gasteiger partial charge in [0.25, 0.3) is 0 Å². The van der Waals surface area contributed by atoms with Crippen LogP contribution in [0.1, 0.15) is 11.7 Å². The van der Waals surface area contributed by atoms with Gasteiger partial charge in [-0.2, -0.15) is 0 Å². The quantitative estimate of drug-likeness (QED) is 0.615. The van der Waals surface area contributed by atoms with E-state index in [2.05, 4.69) is 11.1 Å². The van der Waals surface area contributed by atoms with E-state index in [0.717, 1.165) is 12.1 Å². The standard InChI is InChI=1S/C11H9NO/c1-2-4-10-8(3-1)9(5-6-12-10)11-7-13-11/h1-6,11H,7H2/t11-/m1/s1. The highest BCUT2D eigenvalue weighted by Crippen LogP contribution is 2.33. The fourth-order valence-corrected chi connectivity index (χ4v) is 1.63. The Bertz CT molecular complexity index is 443. The van der Waals surface area contributed by atoms with Gasteiger partial charge in [0.05, 0.1) is 12.1 Å². The first-order chi connectivity index (χ1) is 6.45. The maximum atomic E-state index is 5.27. The van der Waals surface area contributed by atoms with Crippen molar-refractivity contribution >= 4 is 10.9 Å². The highest BCUT2D eigenvalue weighted by atomic mass is 16.6.